The summed E-state index contributed by atoms with van der Waals surface area (Å²) in [6, 6.07) is 15.1. The van der Waals surface area contributed by atoms with Gasteiger partial charge in [0.05, 0.1) is 18.5 Å². The van der Waals surface area contributed by atoms with Gasteiger partial charge >= 0.3 is 0 Å². The first-order valence-corrected chi connectivity index (χ1v) is 10.3. The molecule has 138 valence electrons. The van der Waals surface area contributed by atoms with Gasteiger partial charge in [0.15, 0.2) is 6.10 Å². The van der Waals surface area contributed by atoms with E-state index in [0.717, 1.165) is 17.4 Å². The third kappa shape index (κ3) is 4.16. The lowest BCUT2D eigenvalue weighted by Crippen LogP contribution is -2.50. The first-order valence-electron chi connectivity index (χ1n) is 8.41. The van der Waals surface area contributed by atoms with Gasteiger partial charge < -0.3 is 10.1 Å². The third-order valence-corrected chi connectivity index (χ3v) is 5.38. The highest BCUT2D eigenvalue weighted by atomic mass is 32.2. The molecule has 0 unspecified atom stereocenters. The van der Waals surface area contributed by atoms with Crippen LogP contribution in [0.25, 0.3) is 0 Å². The summed E-state index contributed by atoms with van der Waals surface area (Å²) in [7, 11) is -3.51. The van der Waals surface area contributed by atoms with Crippen LogP contribution in [0.4, 0.5) is 5.69 Å². The molecule has 3 rings (SSSR count). The number of aryl methyl sites for hydroxylation is 1. The highest BCUT2D eigenvalue weighted by Gasteiger charge is 2.34. The first kappa shape index (κ1) is 18.3. The Bertz CT molecular complexity index is 897. The van der Waals surface area contributed by atoms with Gasteiger partial charge in [0, 0.05) is 6.54 Å². The monoisotopic (exact) mass is 374 g/mol. The summed E-state index contributed by atoms with van der Waals surface area (Å²) in [5.74, 6) is 0.0799. The molecule has 0 aliphatic carbocycles. The number of amides is 1. The SMILES string of the molecule is Cc1ccc2c(c1)N(S(C)(=O)=O)C[C@@H](C(=O)NCCc1ccccc1)O2. The Kier molecular flexibility index (Phi) is 5.18. The van der Waals surface area contributed by atoms with Gasteiger partial charge in [0.1, 0.15) is 5.75 Å². The van der Waals surface area contributed by atoms with Crippen molar-refractivity contribution >= 4 is 21.6 Å². The minimum atomic E-state index is -3.51. The molecule has 6 nitrogen and oxygen atoms in total. The van der Waals surface area contributed by atoms with Gasteiger partial charge in [0.25, 0.3) is 5.91 Å². The van der Waals surface area contributed by atoms with Crippen molar-refractivity contribution in [1.29, 1.82) is 0 Å². The summed E-state index contributed by atoms with van der Waals surface area (Å²) in [5, 5.41) is 2.83. The molecular weight excluding hydrogens is 352 g/mol. The molecule has 1 atom stereocenters. The Morgan fingerprint density at radius 3 is 2.65 bits per heavy atom. The summed E-state index contributed by atoms with van der Waals surface area (Å²) in [6.07, 6.45) is 0.954. The Hall–Kier alpha value is -2.54. The van der Waals surface area contributed by atoms with Crippen LogP contribution in [-0.2, 0) is 21.2 Å². The Morgan fingerprint density at radius 2 is 1.96 bits per heavy atom. The highest BCUT2D eigenvalue weighted by molar-refractivity contribution is 7.92. The molecule has 1 N–H and O–H groups in total. The number of fused-ring (bicyclic) bond motifs is 1. The molecule has 1 aliphatic rings. The normalized spacial score (nSPS) is 16.5. The maximum atomic E-state index is 12.5. The fraction of sp³-hybridized carbons (Fsp3) is 0.316. The van der Waals surface area contributed by atoms with Crippen LogP contribution in [0.1, 0.15) is 11.1 Å². The van der Waals surface area contributed by atoms with Crippen molar-refractivity contribution < 1.29 is 17.9 Å². The van der Waals surface area contributed by atoms with Crippen LogP contribution < -0.4 is 14.4 Å². The number of carbonyl (C=O) groups is 1. The van der Waals surface area contributed by atoms with Crippen LogP contribution in [0.2, 0.25) is 0 Å². The summed E-state index contributed by atoms with van der Waals surface area (Å²) < 4.78 is 31.3. The van der Waals surface area contributed by atoms with Gasteiger partial charge in [-0.15, -0.1) is 0 Å². The molecule has 0 radical (unpaired) electrons. The Balaban J connectivity index is 1.70. The molecular formula is C19H22N2O4S. The number of sulfonamides is 1. The van der Waals surface area contributed by atoms with Crippen LogP contribution in [0.5, 0.6) is 5.75 Å². The summed E-state index contributed by atoms with van der Waals surface area (Å²) >= 11 is 0. The average Bonchev–Trinajstić information content (AvgIpc) is 2.60. The van der Waals surface area contributed by atoms with Crippen molar-refractivity contribution in [3.63, 3.8) is 0 Å². The van der Waals surface area contributed by atoms with E-state index < -0.39 is 16.1 Å². The summed E-state index contributed by atoms with van der Waals surface area (Å²) in [6.45, 7) is 2.30. The van der Waals surface area contributed by atoms with Crippen LogP contribution >= 0.6 is 0 Å². The van der Waals surface area contributed by atoms with Gasteiger partial charge in [-0.3, -0.25) is 9.10 Å². The van der Waals surface area contributed by atoms with Crippen molar-refractivity contribution in [2.75, 3.05) is 23.7 Å². The van der Waals surface area contributed by atoms with E-state index >= 15 is 0 Å². The molecule has 26 heavy (non-hydrogen) atoms. The second-order valence-corrected chi connectivity index (χ2v) is 8.31. The van der Waals surface area contributed by atoms with Gasteiger partial charge in [0.2, 0.25) is 10.0 Å². The maximum absolute atomic E-state index is 12.5. The van der Waals surface area contributed by atoms with Crippen LogP contribution in [-0.4, -0.2) is 39.8 Å². The summed E-state index contributed by atoms with van der Waals surface area (Å²) in [5.41, 5.74) is 2.52. The first-order chi connectivity index (χ1) is 12.3. The second kappa shape index (κ2) is 7.37. The van der Waals surface area contributed by atoms with E-state index in [9.17, 15) is 13.2 Å². The van der Waals surface area contributed by atoms with Crippen molar-refractivity contribution in [3.8, 4) is 5.75 Å². The van der Waals surface area contributed by atoms with Crippen molar-refractivity contribution in [2.24, 2.45) is 0 Å². The molecule has 1 amide bonds. The molecule has 0 aromatic heterocycles. The van der Waals surface area contributed by atoms with E-state index in [1.807, 2.05) is 43.3 Å². The molecule has 1 aliphatic heterocycles. The molecule has 0 saturated carbocycles. The number of rotatable bonds is 5. The lowest BCUT2D eigenvalue weighted by atomic mass is 10.1. The quantitative estimate of drug-likeness (QED) is 0.867. The van der Waals surface area contributed by atoms with Crippen LogP contribution in [0, 0.1) is 6.92 Å². The zero-order chi connectivity index (χ0) is 18.7. The fourth-order valence-corrected chi connectivity index (χ4v) is 3.81. The molecule has 0 fully saturated rings. The zero-order valence-corrected chi connectivity index (χ0v) is 15.6. The minimum absolute atomic E-state index is 0.0353. The van der Waals surface area contributed by atoms with Gasteiger partial charge in [-0.25, -0.2) is 8.42 Å². The number of anilines is 1. The van der Waals surface area contributed by atoms with Gasteiger partial charge in [-0.2, -0.15) is 0 Å². The fourth-order valence-electron chi connectivity index (χ4n) is 2.90. The predicted molar refractivity (Wildman–Crippen MR) is 101 cm³/mol. The van der Waals surface area contributed by atoms with Crippen molar-refractivity contribution in [3.05, 3.63) is 59.7 Å². The van der Waals surface area contributed by atoms with Crippen molar-refractivity contribution in [2.45, 2.75) is 19.4 Å². The van der Waals surface area contributed by atoms with Crippen LogP contribution in [0.3, 0.4) is 0 Å². The number of hydrogen-bond acceptors (Lipinski definition) is 4. The lowest BCUT2D eigenvalue weighted by Gasteiger charge is -2.34. The molecule has 0 saturated heterocycles. The number of ether oxygens (including phenoxy) is 1. The smallest absolute Gasteiger partial charge is 0.263 e. The third-order valence-electron chi connectivity index (χ3n) is 4.23. The zero-order valence-electron chi connectivity index (χ0n) is 14.8. The Morgan fingerprint density at radius 1 is 1.23 bits per heavy atom. The number of nitrogens with zero attached hydrogens (tertiary/aromatic N) is 1. The van der Waals surface area contributed by atoms with E-state index in [2.05, 4.69) is 5.32 Å². The largest absolute Gasteiger partial charge is 0.476 e. The van der Waals surface area contributed by atoms with Crippen molar-refractivity contribution in [1.82, 2.24) is 5.32 Å². The molecule has 7 heteroatoms. The molecule has 0 spiro atoms. The molecule has 1 heterocycles. The number of carbonyl (C=O) groups excluding carboxylic acids is 1. The summed E-state index contributed by atoms with van der Waals surface area (Å²) in [4.78, 5) is 12.5. The number of hydrogen-bond donors (Lipinski definition) is 1. The average molecular weight is 374 g/mol. The maximum Gasteiger partial charge on any atom is 0.263 e. The predicted octanol–water partition coefficient (Wildman–Crippen LogP) is 1.88. The molecule has 2 aromatic rings. The topological polar surface area (TPSA) is 75.7 Å². The molecule has 2 aromatic carbocycles. The van der Waals surface area contributed by atoms with Gasteiger partial charge in [-0.05, 0) is 36.6 Å². The van der Waals surface area contributed by atoms with E-state index in [4.69, 9.17) is 4.74 Å². The lowest BCUT2D eigenvalue weighted by molar-refractivity contribution is -0.127. The van der Waals surface area contributed by atoms with E-state index in [-0.39, 0.29) is 12.5 Å². The standard InChI is InChI=1S/C19H22N2O4S/c1-14-8-9-17-16(12-14)21(26(2,23)24)13-18(25-17)19(22)20-11-10-15-6-4-3-5-7-15/h3-9,12,18H,10-11,13H2,1-2H3,(H,20,22)/t18-/m0/s1. The second-order valence-electron chi connectivity index (χ2n) is 6.40. The van der Waals surface area contributed by atoms with E-state index in [1.54, 1.807) is 12.1 Å². The number of nitrogens with one attached hydrogen (secondary N) is 1. The number of benzene rings is 2. The van der Waals surface area contributed by atoms with E-state index in [1.165, 1.54) is 4.31 Å². The van der Waals surface area contributed by atoms with Crippen LogP contribution in [0.15, 0.2) is 48.5 Å². The highest BCUT2D eigenvalue weighted by Crippen LogP contribution is 2.35. The van der Waals surface area contributed by atoms with Gasteiger partial charge in [-0.1, -0.05) is 36.4 Å². The molecule has 0 bridgehead atoms. The van der Waals surface area contributed by atoms with E-state index in [0.29, 0.717) is 24.4 Å². The minimum Gasteiger partial charge on any atom is -0.476 e. The Labute approximate surface area is 153 Å².